The average molecular weight is 292 g/mol. The summed E-state index contributed by atoms with van der Waals surface area (Å²) in [4.78, 5) is 15.8. The minimum Gasteiger partial charge on any atom is -0.481 e. The van der Waals surface area contributed by atoms with E-state index in [2.05, 4.69) is 10.3 Å². The second kappa shape index (κ2) is 3.97. The normalized spacial score (nSPS) is 37.8. The van der Waals surface area contributed by atoms with Gasteiger partial charge in [-0.15, -0.1) is 11.3 Å². The number of anilines is 1. The molecule has 3 saturated carbocycles. The third-order valence-corrected chi connectivity index (χ3v) is 6.48. The molecular formula is C15H20N2O2S. The number of rotatable bonds is 4. The van der Waals surface area contributed by atoms with E-state index in [1.165, 1.54) is 30.6 Å². The van der Waals surface area contributed by atoms with Crippen LogP contribution in [0.25, 0.3) is 0 Å². The number of thiazole rings is 1. The van der Waals surface area contributed by atoms with Crippen LogP contribution >= 0.6 is 11.3 Å². The lowest BCUT2D eigenvalue weighted by atomic mass is 9.90. The molecule has 0 aliphatic heterocycles. The van der Waals surface area contributed by atoms with Gasteiger partial charge in [0.15, 0.2) is 5.13 Å². The maximum absolute atomic E-state index is 11.3. The van der Waals surface area contributed by atoms with Crippen LogP contribution in [-0.2, 0) is 10.2 Å². The Bertz CT molecular complexity index is 552. The molecule has 2 bridgehead atoms. The summed E-state index contributed by atoms with van der Waals surface area (Å²) in [7, 11) is 0. The molecule has 1 heterocycles. The fourth-order valence-corrected chi connectivity index (χ4v) is 5.32. The SMILES string of the molecule is CC(C)(C(=O)O)c1csc(NC2C3C4CCC(C4)C23)n1. The van der Waals surface area contributed by atoms with E-state index < -0.39 is 11.4 Å². The quantitative estimate of drug-likeness (QED) is 0.895. The zero-order chi connectivity index (χ0) is 14.1. The van der Waals surface area contributed by atoms with Crippen LogP contribution in [-0.4, -0.2) is 22.1 Å². The van der Waals surface area contributed by atoms with Gasteiger partial charge in [-0.1, -0.05) is 0 Å². The smallest absolute Gasteiger partial charge is 0.315 e. The fourth-order valence-electron chi connectivity index (χ4n) is 4.40. The highest BCUT2D eigenvalue weighted by Crippen LogP contribution is 2.66. The highest BCUT2D eigenvalue weighted by molar-refractivity contribution is 7.13. The molecule has 4 unspecified atom stereocenters. The predicted octanol–water partition coefficient (Wildman–Crippen LogP) is 2.96. The summed E-state index contributed by atoms with van der Waals surface area (Å²) in [5, 5.41) is 15.6. The van der Waals surface area contributed by atoms with Crippen LogP contribution in [0.1, 0.15) is 38.8 Å². The third kappa shape index (κ3) is 1.65. The minimum absolute atomic E-state index is 0.605. The minimum atomic E-state index is -0.908. The van der Waals surface area contributed by atoms with Crippen LogP contribution < -0.4 is 5.32 Å². The number of nitrogens with one attached hydrogen (secondary N) is 1. The van der Waals surface area contributed by atoms with Gasteiger partial charge in [0, 0.05) is 11.4 Å². The lowest BCUT2D eigenvalue weighted by Crippen LogP contribution is -2.28. The van der Waals surface area contributed by atoms with Gasteiger partial charge in [-0.2, -0.15) is 0 Å². The molecule has 3 aliphatic rings. The molecule has 0 amide bonds. The number of aliphatic carboxylic acids is 1. The Morgan fingerprint density at radius 2 is 2.05 bits per heavy atom. The summed E-state index contributed by atoms with van der Waals surface area (Å²) in [6, 6.07) is 0.605. The third-order valence-electron chi connectivity index (χ3n) is 5.70. The topological polar surface area (TPSA) is 62.2 Å². The van der Waals surface area contributed by atoms with Crippen molar-refractivity contribution in [2.24, 2.45) is 23.7 Å². The van der Waals surface area contributed by atoms with Gasteiger partial charge in [0.05, 0.1) is 5.69 Å². The van der Waals surface area contributed by atoms with Crippen molar-refractivity contribution in [2.75, 3.05) is 5.32 Å². The molecule has 4 nitrogen and oxygen atoms in total. The van der Waals surface area contributed by atoms with Crippen molar-refractivity contribution < 1.29 is 9.90 Å². The lowest BCUT2D eigenvalue weighted by Gasteiger charge is -2.15. The largest absolute Gasteiger partial charge is 0.481 e. The van der Waals surface area contributed by atoms with Crippen LogP contribution in [0.5, 0.6) is 0 Å². The van der Waals surface area contributed by atoms with E-state index in [-0.39, 0.29) is 0 Å². The monoisotopic (exact) mass is 292 g/mol. The molecule has 0 spiro atoms. The van der Waals surface area contributed by atoms with E-state index in [4.69, 9.17) is 0 Å². The van der Waals surface area contributed by atoms with Crippen LogP contribution in [0.3, 0.4) is 0 Å². The molecule has 0 saturated heterocycles. The number of fused-ring (bicyclic) bond motifs is 5. The highest BCUT2D eigenvalue weighted by atomic mass is 32.1. The number of nitrogens with zero attached hydrogens (tertiary/aromatic N) is 1. The van der Waals surface area contributed by atoms with Gasteiger partial charge in [-0.25, -0.2) is 4.98 Å². The molecule has 0 aromatic carbocycles. The number of carboxylic acids is 1. The molecule has 4 rings (SSSR count). The van der Waals surface area contributed by atoms with Crippen molar-refractivity contribution in [3.63, 3.8) is 0 Å². The first-order chi connectivity index (χ1) is 9.48. The Morgan fingerprint density at radius 3 is 2.65 bits per heavy atom. The van der Waals surface area contributed by atoms with E-state index in [0.717, 1.165) is 28.8 Å². The first-order valence-corrected chi connectivity index (χ1v) is 8.32. The summed E-state index contributed by atoms with van der Waals surface area (Å²) in [5.41, 5.74) is -0.249. The van der Waals surface area contributed by atoms with Crippen molar-refractivity contribution in [2.45, 2.75) is 44.6 Å². The summed E-state index contributed by atoms with van der Waals surface area (Å²) in [6.45, 7) is 3.42. The first kappa shape index (κ1) is 12.6. The molecule has 3 aliphatic carbocycles. The zero-order valence-corrected chi connectivity index (χ0v) is 12.6. The number of carboxylic acid groups (broad SMARTS) is 1. The van der Waals surface area contributed by atoms with Crippen molar-refractivity contribution >= 4 is 22.4 Å². The van der Waals surface area contributed by atoms with Crippen molar-refractivity contribution in [3.05, 3.63) is 11.1 Å². The molecule has 3 fully saturated rings. The van der Waals surface area contributed by atoms with Crippen LogP contribution in [0.2, 0.25) is 0 Å². The summed E-state index contributed by atoms with van der Waals surface area (Å²) >= 11 is 1.54. The van der Waals surface area contributed by atoms with E-state index in [1.54, 1.807) is 13.8 Å². The molecular weight excluding hydrogens is 272 g/mol. The zero-order valence-electron chi connectivity index (χ0n) is 11.8. The van der Waals surface area contributed by atoms with Gasteiger partial charge in [0.1, 0.15) is 5.41 Å². The molecule has 0 radical (unpaired) electrons. The Balaban J connectivity index is 1.47. The van der Waals surface area contributed by atoms with E-state index >= 15 is 0 Å². The van der Waals surface area contributed by atoms with Gasteiger partial charge in [-0.05, 0) is 56.8 Å². The van der Waals surface area contributed by atoms with Crippen molar-refractivity contribution in [3.8, 4) is 0 Å². The van der Waals surface area contributed by atoms with Crippen molar-refractivity contribution in [1.82, 2.24) is 4.98 Å². The van der Waals surface area contributed by atoms with Gasteiger partial charge in [0.25, 0.3) is 0 Å². The molecule has 2 N–H and O–H groups in total. The molecule has 1 aromatic heterocycles. The lowest BCUT2D eigenvalue weighted by molar-refractivity contribution is -0.142. The Morgan fingerprint density at radius 1 is 1.40 bits per heavy atom. The van der Waals surface area contributed by atoms with E-state index in [1.807, 2.05) is 5.38 Å². The summed E-state index contributed by atoms with van der Waals surface area (Å²) in [5.74, 6) is 2.80. The molecule has 5 heteroatoms. The van der Waals surface area contributed by atoms with E-state index in [9.17, 15) is 9.90 Å². The summed E-state index contributed by atoms with van der Waals surface area (Å²) < 4.78 is 0. The van der Waals surface area contributed by atoms with Gasteiger partial charge in [-0.3, -0.25) is 4.79 Å². The van der Waals surface area contributed by atoms with Crippen molar-refractivity contribution in [1.29, 1.82) is 0 Å². The Hall–Kier alpha value is -1.10. The van der Waals surface area contributed by atoms with Gasteiger partial charge >= 0.3 is 5.97 Å². The number of carbonyl (C=O) groups is 1. The summed E-state index contributed by atoms with van der Waals surface area (Å²) in [6.07, 6.45) is 4.28. The maximum atomic E-state index is 11.3. The molecule has 20 heavy (non-hydrogen) atoms. The Kier molecular flexibility index (Phi) is 2.50. The second-order valence-corrected chi connectivity index (χ2v) is 7.98. The fraction of sp³-hybridized carbons (Fsp3) is 0.733. The Labute approximate surface area is 122 Å². The van der Waals surface area contributed by atoms with Crippen LogP contribution in [0, 0.1) is 23.7 Å². The second-order valence-electron chi connectivity index (χ2n) is 7.13. The molecule has 1 aromatic rings. The standard InChI is InChI=1S/C15H20N2O2S/c1-15(2,13(18)19)9-6-20-14(16-9)17-12-10-7-3-4-8(5-7)11(10)12/h6-8,10-12H,3-5H2,1-2H3,(H,16,17)(H,18,19). The number of aromatic nitrogens is 1. The van der Waals surface area contributed by atoms with Gasteiger partial charge < -0.3 is 10.4 Å². The maximum Gasteiger partial charge on any atom is 0.315 e. The molecule has 4 atom stereocenters. The molecule has 108 valence electrons. The first-order valence-electron chi connectivity index (χ1n) is 7.44. The predicted molar refractivity (Wildman–Crippen MR) is 78.0 cm³/mol. The van der Waals surface area contributed by atoms with Crippen LogP contribution in [0.15, 0.2) is 5.38 Å². The van der Waals surface area contributed by atoms with Gasteiger partial charge in [0.2, 0.25) is 0 Å². The average Bonchev–Trinajstić information content (AvgIpc) is 2.81. The number of hydrogen-bond acceptors (Lipinski definition) is 4. The number of hydrogen-bond donors (Lipinski definition) is 2. The van der Waals surface area contributed by atoms with Crippen LogP contribution in [0.4, 0.5) is 5.13 Å². The highest BCUT2D eigenvalue weighted by Gasteiger charge is 2.65. The van der Waals surface area contributed by atoms with E-state index in [0.29, 0.717) is 11.7 Å².